The minimum atomic E-state index is -1.45. The molecule has 1 unspecified atom stereocenters. The van der Waals surface area contributed by atoms with Crippen molar-refractivity contribution in [1.82, 2.24) is 5.32 Å². The molecule has 0 saturated heterocycles. The van der Waals surface area contributed by atoms with Crippen molar-refractivity contribution in [3.63, 3.8) is 0 Å². The van der Waals surface area contributed by atoms with Crippen LogP contribution in [0, 0.1) is 17.5 Å². The largest absolute Gasteiger partial charge is 0.374 e. The normalized spacial score (nSPS) is 13.6. The van der Waals surface area contributed by atoms with Crippen molar-refractivity contribution < 1.29 is 17.9 Å². The van der Waals surface area contributed by atoms with E-state index in [2.05, 4.69) is 5.32 Å². The van der Waals surface area contributed by atoms with E-state index in [0.717, 1.165) is 6.07 Å². The van der Waals surface area contributed by atoms with Crippen LogP contribution in [0.15, 0.2) is 12.1 Å². The van der Waals surface area contributed by atoms with Crippen LogP contribution in [-0.2, 0) is 4.74 Å². The average molecular weight is 275 g/mol. The molecule has 1 rings (SSSR count). The summed E-state index contributed by atoms with van der Waals surface area (Å²) in [5.74, 6) is -3.81. The number of nitrogens with one attached hydrogen (secondary N) is 1. The number of hydrogen-bond donors (Lipinski definition) is 1. The van der Waals surface area contributed by atoms with Gasteiger partial charge in [-0.1, -0.05) is 13.0 Å². The molecule has 0 radical (unpaired) electrons. The molecule has 0 aliphatic heterocycles. The number of rotatable bonds is 6. The van der Waals surface area contributed by atoms with Crippen LogP contribution in [-0.4, -0.2) is 18.8 Å². The van der Waals surface area contributed by atoms with E-state index in [1.807, 2.05) is 13.8 Å². The van der Waals surface area contributed by atoms with Gasteiger partial charge in [0.2, 0.25) is 0 Å². The van der Waals surface area contributed by atoms with Gasteiger partial charge < -0.3 is 10.1 Å². The fourth-order valence-corrected chi connectivity index (χ4v) is 2.15. The Morgan fingerprint density at radius 2 is 1.79 bits per heavy atom. The molecule has 1 aromatic rings. The van der Waals surface area contributed by atoms with Gasteiger partial charge in [-0.3, -0.25) is 0 Å². The quantitative estimate of drug-likeness (QED) is 0.801. The molecule has 0 saturated carbocycles. The summed E-state index contributed by atoms with van der Waals surface area (Å²) in [5.41, 5.74) is -0.672. The molecule has 5 heteroatoms. The highest BCUT2D eigenvalue weighted by Crippen LogP contribution is 2.31. The van der Waals surface area contributed by atoms with Gasteiger partial charge in [0, 0.05) is 12.2 Å². The summed E-state index contributed by atoms with van der Waals surface area (Å²) < 4.78 is 45.8. The van der Waals surface area contributed by atoms with Crippen molar-refractivity contribution >= 4 is 0 Å². The van der Waals surface area contributed by atoms with Gasteiger partial charge in [0.25, 0.3) is 0 Å². The highest BCUT2D eigenvalue weighted by Gasteiger charge is 2.34. The molecule has 1 aromatic carbocycles. The number of hydrogen-bond acceptors (Lipinski definition) is 2. The Kier molecular flexibility index (Phi) is 5.38. The van der Waals surface area contributed by atoms with Crippen molar-refractivity contribution in [2.75, 3.05) is 13.2 Å². The van der Waals surface area contributed by atoms with Crippen molar-refractivity contribution in [3.05, 3.63) is 35.1 Å². The first-order valence-electron chi connectivity index (χ1n) is 6.35. The summed E-state index contributed by atoms with van der Waals surface area (Å²) in [5, 5.41) is 3.06. The maximum absolute atomic E-state index is 13.9. The maximum atomic E-state index is 13.9. The Labute approximate surface area is 112 Å². The molecule has 1 N–H and O–H groups in total. The molecule has 2 nitrogen and oxygen atoms in total. The van der Waals surface area contributed by atoms with E-state index in [1.165, 1.54) is 6.07 Å². The number of benzene rings is 1. The lowest BCUT2D eigenvalue weighted by atomic mass is 9.91. The van der Waals surface area contributed by atoms with Crippen LogP contribution < -0.4 is 5.32 Å². The molecule has 0 aliphatic carbocycles. The smallest absolute Gasteiger partial charge is 0.194 e. The predicted molar refractivity (Wildman–Crippen MR) is 68.4 cm³/mol. The summed E-state index contributed by atoms with van der Waals surface area (Å²) in [6, 6.07) is 1.62. The Balaban J connectivity index is 3.23. The first-order valence-corrected chi connectivity index (χ1v) is 6.35. The molecule has 108 valence electrons. The molecular formula is C14H20F3NO. The van der Waals surface area contributed by atoms with Crippen LogP contribution in [0.4, 0.5) is 13.2 Å². The van der Waals surface area contributed by atoms with Crippen LogP contribution in [0.3, 0.4) is 0 Å². The minimum Gasteiger partial charge on any atom is -0.374 e. The van der Waals surface area contributed by atoms with E-state index < -0.39 is 29.1 Å². The summed E-state index contributed by atoms with van der Waals surface area (Å²) in [6.07, 6.45) is 0. The molecule has 1 atom stereocenters. The van der Waals surface area contributed by atoms with Gasteiger partial charge in [-0.25, -0.2) is 13.2 Å². The van der Waals surface area contributed by atoms with Gasteiger partial charge in [-0.05, 0) is 33.4 Å². The third kappa shape index (κ3) is 3.48. The van der Waals surface area contributed by atoms with Crippen LogP contribution in [0.2, 0.25) is 0 Å². The zero-order valence-electron chi connectivity index (χ0n) is 11.7. The van der Waals surface area contributed by atoms with E-state index in [-0.39, 0.29) is 5.56 Å². The Hall–Kier alpha value is -1.07. The number of likely N-dealkylation sites (N-methyl/N-ethyl adjacent to an activating group) is 1. The van der Waals surface area contributed by atoms with Crippen molar-refractivity contribution in [2.45, 2.75) is 39.3 Å². The second-order valence-electron chi connectivity index (χ2n) is 4.79. The minimum absolute atomic E-state index is 0.0687. The second kappa shape index (κ2) is 6.39. The fourth-order valence-electron chi connectivity index (χ4n) is 2.15. The number of ether oxygens (including phenoxy) is 1. The summed E-state index contributed by atoms with van der Waals surface area (Å²) >= 11 is 0. The highest BCUT2D eigenvalue weighted by atomic mass is 19.2. The topological polar surface area (TPSA) is 21.3 Å². The van der Waals surface area contributed by atoms with Crippen molar-refractivity contribution in [1.29, 1.82) is 0 Å². The summed E-state index contributed by atoms with van der Waals surface area (Å²) in [6.45, 7) is 8.24. The van der Waals surface area contributed by atoms with E-state index >= 15 is 0 Å². The average Bonchev–Trinajstić information content (AvgIpc) is 2.34. The van der Waals surface area contributed by atoms with Gasteiger partial charge in [0.1, 0.15) is 0 Å². The third-order valence-corrected chi connectivity index (χ3v) is 3.00. The molecule has 0 heterocycles. The zero-order chi connectivity index (χ0) is 14.6. The maximum Gasteiger partial charge on any atom is 0.194 e. The molecule has 0 fully saturated rings. The van der Waals surface area contributed by atoms with Crippen LogP contribution in [0.5, 0.6) is 0 Å². The molecule has 0 amide bonds. The van der Waals surface area contributed by atoms with Gasteiger partial charge in [0.05, 0.1) is 11.6 Å². The van der Waals surface area contributed by atoms with Crippen LogP contribution in [0.25, 0.3) is 0 Å². The van der Waals surface area contributed by atoms with E-state index in [4.69, 9.17) is 4.74 Å². The van der Waals surface area contributed by atoms with Crippen LogP contribution >= 0.6 is 0 Å². The Morgan fingerprint density at radius 3 is 2.32 bits per heavy atom. The van der Waals surface area contributed by atoms with Gasteiger partial charge >= 0.3 is 0 Å². The van der Waals surface area contributed by atoms with Gasteiger partial charge in [-0.15, -0.1) is 0 Å². The van der Waals surface area contributed by atoms with Crippen molar-refractivity contribution in [2.24, 2.45) is 0 Å². The fraction of sp³-hybridized carbons (Fsp3) is 0.571. The second-order valence-corrected chi connectivity index (χ2v) is 4.79. The highest BCUT2D eigenvalue weighted by molar-refractivity contribution is 5.26. The Bertz CT molecular complexity index is 435. The monoisotopic (exact) mass is 275 g/mol. The summed E-state index contributed by atoms with van der Waals surface area (Å²) in [4.78, 5) is 0. The zero-order valence-corrected chi connectivity index (χ0v) is 11.7. The van der Waals surface area contributed by atoms with E-state index in [0.29, 0.717) is 13.2 Å². The Morgan fingerprint density at radius 1 is 1.16 bits per heavy atom. The molecule has 0 bridgehead atoms. The SMILES string of the molecule is CCNC(c1ccc(F)c(F)c1F)C(C)(C)OCC. The number of halogens is 3. The predicted octanol–water partition coefficient (Wildman–Crippen LogP) is 3.57. The molecular weight excluding hydrogens is 255 g/mol. The molecule has 0 aliphatic rings. The van der Waals surface area contributed by atoms with Crippen molar-refractivity contribution in [3.8, 4) is 0 Å². The first-order chi connectivity index (χ1) is 8.85. The lowest BCUT2D eigenvalue weighted by molar-refractivity contribution is -0.0398. The lowest BCUT2D eigenvalue weighted by Crippen LogP contribution is -2.42. The van der Waals surface area contributed by atoms with E-state index in [1.54, 1.807) is 13.8 Å². The molecule has 0 spiro atoms. The first kappa shape index (κ1) is 16.0. The van der Waals surface area contributed by atoms with Crippen LogP contribution in [0.1, 0.15) is 39.3 Å². The molecule has 19 heavy (non-hydrogen) atoms. The van der Waals surface area contributed by atoms with E-state index in [9.17, 15) is 13.2 Å². The lowest BCUT2D eigenvalue weighted by Gasteiger charge is -2.35. The van der Waals surface area contributed by atoms with Gasteiger partial charge in [0.15, 0.2) is 17.5 Å². The summed E-state index contributed by atoms with van der Waals surface area (Å²) in [7, 11) is 0. The third-order valence-electron chi connectivity index (χ3n) is 3.00. The van der Waals surface area contributed by atoms with Gasteiger partial charge in [-0.2, -0.15) is 0 Å². The molecule has 0 aromatic heterocycles. The standard InChI is InChI=1S/C14H20F3NO/c1-5-18-13(14(3,4)19-6-2)9-7-8-10(15)12(17)11(9)16/h7-8,13,18H,5-6H2,1-4H3.